The molecule has 2 heteroatoms. The third-order valence-corrected chi connectivity index (χ3v) is 10.9. The van der Waals surface area contributed by atoms with Crippen LogP contribution in [0.2, 0.25) is 0 Å². The largest absolute Gasteiger partial charge is 0.314 e. The van der Waals surface area contributed by atoms with Crippen molar-refractivity contribution in [1.29, 1.82) is 0 Å². The highest BCUT2D eigenvalue weighted by atomic mass is 15.2. The quantitative estimate of drug-likeness (QED) is 0.0851. The molecule has 8 aromatic carbocycles. The molecule has 0 N–H and O–H groups in total. The van der Waals surface area contributed by atoms with E-state index in [1.54, 1.807) is 0 Å². The van der Waals surface area contributed by atoms with Gasteiger partial charge in [0, 0.05) is 39.4 Å². The second-order valence-corrected chi connectivity index (χ2v) is 14.9. The lowest BCUT2D eigenvalue weighted by molar-refractivity contribution is 1.16. The molecule has 0 aliphatic rings. The number of rotatable bonds is 13. The molecule has 0 saturated carbocycles. The van der Waals surface area contributed by atoms with Crippen molar-refractivity contribution in [3.63, 3.8) is 0 Å². The predicted octanol–water partition coefficient (Wildman–Crippen LogP) is 16.2. The molecule has 0 bridgehead atoms. The predicted molar refractivity (Wildman–Crippen MR) is 261 cm³/mol. The Morgan fingerprint density at radius 3 is 1.50 bits per heavy atom. The molecule has 290 valence electrons. The normalized spacial score (nSPS) is 11.6. The average molecular weight is 773 g/mol. The smallest absolute Gasteiger partial charge is 0.0540 e. The Morgan fingerprint density at radius 1 is 0.467 bits per heavy atom. The summed E-state index contributed by atoms with van der Waals surface area (Å²) in [6.45, 7) is 12.6. The summed E-state index contributed by atoms with van der Waals surface area (Å²) in [6, 6.07) is 68.9. The number of benzene rings is 8. The van der Waals surface area contributed by atoms with Gasteiger partial charge >= 0.3 is 0 Å². The summed E-state index contributed by atoms with van der Waals surface area (Å²) in [5.41, 5.74) is 15.7. The van der Waals surface area contributed by atoms with Crippen LogP contribution in [0, 0.1) is 6.92 Å². The number of fused-ring (bicyclic) bond motifs is 1. The van der Waals surface area contributed by atoms with E-state index in [9.17, 15) is 0 Å². The first kappa shape index (κ1) is 39.2. The summed E-state index contributed by atoms with van der Waals surface area (Å²) >= 11 is 0. The molecule has 0 radical (unpaired) electrons. The number of aryl methyl sites for hydroxylation is 1. The van der Waals surface area contributed by atoms with Gasteiger partial charge in [-0.25, -0.2) is 0 Å². The molecule has 0 heterocycles. The molecule has 0 aliphatic heterocycles. The van der Waals surface area contributed by atoms with Gasteiger partial charge in [0.2, 0.25) is 0 Å². The molecule has 0 atom stereocenters. The van der Waals surface area contributed by atoms with Crippen LogP contribution in [0.5, 0.6) is 0 Å². The monoisotopic (exact) mass is 772 g/mol. The zero-order valence-corrected chi connectivity index (χ0v) is 34.2. The van der Waals surface area contributed by atoms with Crippen molar-refractivity contribution in [2.45, 2.75) is 13.8 Å². The van der Waals surface area contributed by atoms with Crippen molar-refractivity contribution >= 4 is 63.5 Å². The molecular formula is C58H48N2. The lowest BCUT2D eigenvalue weighted by Crippen LogP contribution is -2.19. The van der Waals surface area contributed by atoms with Gasteiger partial charge in [0.05, 0.1) is 5.69 Å². The number of anilines is 4. The fourth-order valence-corrected chi connectivity index (χ4v) is 7.67. The van der Waals surface area contributed by atoms with Gasteiger partial charge in [0.1, 0.15) is 0 Å². The fourth-order valence-electron chi connectivity index (χ4n) is 7.67. The standard InChI is InChI=1S/C58H48N2/c1-5-14-44(3)59(45(4)56-20-11-9-15-43(56)2)54-39-31-48(32-40-54)25-23-46-27-35-50(36-28-46)51-37-29-47(30-38-51)24-26-49-33-41-55(42-34-49)60(53-18-7-6-8-19-53)58-22-13-17-52-16-10-12-21-57(52)58/h5-42H,1,4H2,2-3H3/b25-23+,26-24+,44-14+. The zero-order valence-electron chi connectivity index (χ0n) is 34.2. The maximum Gasteiger partial charge on any atom is 0.0540 e. The molecule has 0 amide bonds. The second-order valence-electron chi connectivity index (χ2n) is 14.9. The topological polar surface area (TPSA) is 6.48 Å². The third kappa shape index (κ3) is 8.89. The summed E-state index contributed by atoms with van der Waals surface area (Å²) in [5, 5.41) is 2.45. The molecule has 0 spiro atoms. The van der Waals surface area contributed by atoms with Gasteiger partial charge < -0.3 is 9.80 Å². The van der Waals surface area contributed by atoms with Crippen LogP contribution in [-0.2, 0) is 0 Å². The van der Waals surface area contributed by atoms with Gasteiger partial charge in [0.15, 0.2) is 0 Å². The Balaban J connectivity index is 0.918. The first-order valence-corrected chi connectivity index (χ1v) is 20.4. The van der Waals surface area contributed by atoms with E-state index in [0.717, 1.165) is 62.0 Å². The molecule has 8 aromatic rings. The minimum Gasteiger partial charge on any atom is -0.314 e. The van der Waals surface area contributed by atoms with Crippen LogP contribution in [0.4, 0.5) is 22.7 Å². The van der Waals surface area contributed by atoms with E-state index in [1.807, 2.05) is 12.2 Å². The van der Waals surface area contributed by atoms with Gasteiger partial charge in [0.25, 0.3) is 0 Å². The van der Waals surface area contributed by atoms with Crippen LogP contribution < -0.4 is 9.80 Å². The van der Waals surface area contributed by atoms with Crippen molar-refractivity contribution in [3.8, 4) is 11.1 Å². The first-order valence-electron chi connectivity index (χ1n) is 20.4. The zero-order chi connectivity index (χ0) is 41.3. The van der Waals surface area contributed by atoms with Crippen LogP contribution in [-0.4, -0.2) is 0 Å². The fraction of sp³-hybridized carbons (Fsp3) is 0.0345. The SMILES string of the molecule is C=C/C=C(\C)N(C(=C)c1ccccc1C)c1ccc(/C=C/c2ccc(-c3ccc(/C=C/c4ccc(N(c5ccccc5)c5cccc6ccccc56)cc4)cc3)cc2)cc1. The van der Waals surface area contributed by atoms with E-state index in [1.165, 1.54) is 27.5 Å². The van der Waals surface area contributed by atoms with Crippen molar-refractivity contribution in [2.24, 2.45) is 0 Å². The third-order valence-electron chi connectivity index (χ3n) is 10.9. The molecule has 0 fully saturated rings. The van der Waals surface area contributed by atoms with Crippen molar-refractivity contribution < 1.29 is 0 Å². The van der Waals surface area contributed by atoms with E-state index >= 15 is 0 Å². The summed E-state index contributed by atoms with van der Waals surface area (Å²) in [5.74, 6) is 0. The molecule has 0 unspecified atom stereocenters. The number of hydrogen-bond donors (Lipinski definition) is 0. The Hall–Kier alpha value is -7.68. The summed E-state index contributed by atoms with van der Waals surface area (Å²) < 4.78 is 0. The Morgan fingerprint density at radius 2 is 0.933 bits per heavy atom. The van der Waals surface area contributed by atoms with Crippen molar-refractivity contribution in [1.82, 2.24) is 0 Å². The highest BCUT2D eigenvalue weighted by Gasteiger charge is 2.16. The van der Waals surface area contributed by atoms with Crippen LogP contribution in [0.1, 0.15) is 40.3 Å². The van der Waals surface area contributed by atoms with Crippen molar-refractivity contribution in [2.75, 3.05) is 9.80 Å². The Bertz CT molecular complexity index is 2820. The summed E-state index contributed by atoms with van der Waals surface area (Å²) in [4.78, 5) is 4.52. The summed E-state index contributed by atoms with van der Waals surface area (Å²) in [7, 11) is 0. The number of nitrogens with zero attached hydrogens (tertiary/aromatic N) is 2. The average Bonchev–Trinajstić information content (AvgIpc) is 3.30. The van der Waals surface area contributed by atoms with Gasteiger partial charge in [-0.3, -0.25) is 0 Å². The second kappa shape index (κ2) is 18.3. The van der Waals surface area contributed by atoms with Crippen LogP contribution in [0.25, 0.3) is 51.9 Å². The molecule has 0 aromatic heterocycles. The summed E-state index contributed by atoms with van der Waals surface area (Å²) in [6.07, 6.45) is 12.5. The molecule has 2 nitrogen and oxygen atoms in total. The van der Waals surface area contributed by atoms with E-state index in [-0.39, 0.29) is 0 Å². The highest BCUT2D eigenvalue weighted by Crippen LogP contribution is 2.39. The maximum atomic E-state index is 4.48. The lowest BCUT2D eigenvalue weighted by Gasteiger charge is -2.28. The molecule has 60 heavy (non-hydrogen) atoms. The minimum absolute atomic E-state index is 0.934. The van der Waals surface area contributed by atoms with Crippen molar-refractivity contribution in [3.05, 3.63) is 259 Å². The van der Waals surface area contributed by atoms with E-state index < -0.39 is 0 Å². The Kier molecular flexibility index (Phi) is 11.9. The number of allylic oxidation sites excluding steroid dienone is 3. The lowest BCUT2D eigenvalue weighted by atomic mass is 10.0. The first-order chi connectivity index (χ1) is 29.4. The van der Waals surface area contributed by atoms with Gasteiger partial charge in [-0.05, 0) is 107 Å². The molecular weight excluding hydrogens is 725 g/mol. The van der Waals surface area contributed by atoms with Gasteiger partial charge in [-0.2, -0.15) is 0 Å². The van der Waals surface area contributed by atoms with E-state index in [0.29, 0.717) is 0 Å². The van der Waals surface area contributed by atoms with E-state index in [4.69, 9.17) is 0 Å². The van der Waals surface area contributed by atoms with E-state index in [2.05, 4.69) is 255 Å². The number of para-hydroxylation sites is 1. The molecule has 0 aliphatic carbocycles. The molecule has 0 saturated heterocycles. The van der Waals surface area contributed by atoms with Crippen LogP contribution >= 0.6 is 0 Å². The minimum atomic E-state index is 0.934. The maximum absolute atomic E-state index is 4.48. The molecule has 8 rings (SSSR count). The van der Waals surface area contributed by atoms with Crippen LogP contribution in [0.15, 0.2) is 225 Å². The van der Waals surface area contributed by atoms with Gasteiger partial charge in [-0.1, -0.05) is 195 Å². The Labute approximate surface area is 355 Å². The highest BCUT2D eigenvalue weighted by molar-refractivity contribution is 5.99. The van der Waals surface area contributed by atoms with Gasteiger partial charge in [-0.15, -0.1) is 0 Å². The van der Waals surface area contributed by atoms with Crippen LogP contribution in [0.3, 0.4) is 0 Å². The number of hydrogen-bond acceptors (Lipinski definition) is 2.